The zero-order chi connectivity index (χ0) is 16.2. The van der Waals surface area contributed by atoms with Crippen LogP contribution < -0.4 is 5.32 Å². The topological polar surface area (TPSA) is 75.2 Å². The molecule has 1 saturated heterocycles. The SMILES string of the molecule is CN1CC[C@H](C(=O)Nc2nnc(SCc3cccs3)s2)CC1=O. The third-order valence-electron chi connectivity index (χ3n) is 3.59. The number of piperidine rings is 1. The number of likely N-dealkylation sites (tertiary alicyclic amines) is 1. The maximum absolute atomic E-state index is 12.2. The van der Waals surface area contributed by atoms with E-state index >= 15 is 0 Å². The molecule has 0 spiro atoms. The molecule has 0 aromatic carbocycles. The van der Waals surface area contributed by atoms with E-state index in [9.17, 15) is 9.59 Å². The number of anilines is 1. The molecule has 0 unspecified atom stereocenters. The first-order valence-electron chi connectivity index (χ1n) is 7.15. The minimum absolute atomic E-state index is 0.0147. The van der Waals surface area contributed by atoms with Crippen LogP contribution in [0.15, 0.2) is 21.9 Å². The zero-order valence-electron chi connectivity index (χ0n) is 12.5. The largest absolute Gasteiger partial charge is 0.346 e. The van der Waals surface area contributed by atoms with Gasteiger partial charge >= 0.3 is 0 Å². The summed E-state index contributed by atoms with van der Waals surface area (Å²) in [7, 11) is 1.76. The number of aromatic nitrogens is 2. The monoisotopic (exact) mass is 368 g/mol. The van der Waals surface area contributed by atoms with Gasteiger partial charge in [-0.05, 0) is 17.9 Å². The van der Waals surface area contributed by atoms with E-state index in [1.807, 2.05) is 11.4 Å². The normalized spacial score (nSPS) is 18.2. The van der Waals surface area contributed by atoms with E-state index in [1.54, 1.807) is 35.0 Å². The second kappa shape index (κ2) is 7.41. The smallest absolute Gasteiger partial charge is 0.229 e. The van der Waals surface area contributed by atoms with E-state index in [4.69, 9.17) is 0 Å². The Morgan fingerprint density at radius 2 is 2.39 bits per heavy atom. The molecule has 23 heavy (non-hydrogen) atoms. The summed E-state index contributed by atoms with van der Waals surface area (Å²) in [6.07, 6.45) is 0.952. The number of nitrogens with zero attached hydrogens (tertiary/aromatic N) is 3. The average Bonchev–Trinajstić information content (AvgIpc) is 3.19. The first-order chi connectivity index (χ1) is 11.1. The molecule has 1 aliphatic rings. The number of carbonyl (C=O) groups excluding carboxylic acids is 2. The van der Waals surface area contributed by atoms with Crippen LogP contribution in [0, 0.1) is 5.92 Å². The molecule has 1 aliphatic heterocycles. The van der Waals surface area contributed by atoms with Crippen molar-refractivity contribution in [2.45, 2.75) is 22.9 Å². The van der Waals surface area contributed by atoms with Gasteiger partial charge in [0.1, 0.15) is 0 Å². The standard InChI is InChI=1S/C14H16N4O2S3/c1-18-5-4-9(7-11(18)19)12(20)15-13-16-17-14(23-13)22-8-10-3-2-6-21-10/h2-3,6,9H,4-5,7-8H2,1H3,(H,15,16,20)/t9-/m0/s1. The Morgan fingerprint density at radius 3 is 3.13 bits per heavy atom. The lowest BCUT2D eigenvalue weighted by atomic mass is 9.96. The van der Waals surface area contributed by atoms with Crippen molar-refractivity contribution >= 4 is 51.4 Å². The predicted molar refractivity (Wildman–Crippen MR) is 92.8 cm³/mol. The Kier molecular flexibility index (Phi) is 5.29. The highest BCUT2D eigenvalue weighted by Gasteiger charge is 2.29. The number of carbonyl (C=O) groups is 2. The van der Waals surface area contributed by atoms with Crippen molar-refractivity contribution in [3.63, 3.8) is 0 Å². The van der Waals surface area contributed by atoms with Crippen LogP contribution >= 0.6 is 34.4 Å². The summed E-state index contributed by atoms with van der Waals surface area (Å²) in [6.45, 7) is 0.620. The molecule has 0 aliphatic carbocycles. The maximum atomic E-state index is 12.2. The molecule has 6 nitrogen and oxygen atoms in total. The maximum Gasteiger partial charge on any atom is 0.229 e. The number of amides is 2. The molecule has 3 rings (SSSR count). The summed E-state index contributed by atoms with van der Waals surface area (Å²) in [4.78, 5) is 26.8. The summed E-state index contributed by atoms with van der Waals surface area (Å²) in [5, 5.41) is 13.4. The highest BCUT2D eigenvalue weighted by molar-refractivity contribution is 8.00. The number of nitrogens with one attached hydrogen (secondary N) is 1. The summed E-state index contributed by atoms with van der Waals surface area (Å²) < 4.78 is 0.827. The van der Waals surface area contributed by atoms with Crippen LogP contribution in [0.1, 0.15) is 17.7 Å². The highest BCUT2D eigenvalue weighted by Crippen LogP contribution is 2.30. The third kappa shape index (κ3) is 4.30. The number of hydrogen-bond acceptors (Lipinski definition) is 7. The quantitative estimate of drug-likeness (QED) is 0.649. The van der Waals surface area contributed by atoms with Gasteiger partial charge in [0.25, 0.3) is 0 Å². The fourth-order valence-corrected chi connectivity index (χ4v) is 4.75. The predicted octanol–water partition coefficient (Wildman–Crippen LogP) is 2.70. The number of rotatable bonds is 5. The van der Waals surface area contributed by atoms with Crippen molar-refractivity contribution < 1.29 is 9.59 Å². The molecule has 2 aromatic heterocycles. The minimum Gasteiger partial charge on any atom is -0.346 e. The van der Waals surface area contributed by atoms with Gasteiger partial charge in [0.2, 0.25) is 16.9 Å². The molecular weight excluding hydrogens is 352 g/mol. The number of thioether (sulfide) groups is 1. The van der Waals surface area contributed by atoms with Gasteiger partial charge in [0, 0.05) is 36.6 Å². The van der Waals surface area contributed by atoms with Gasteiger partial charge < -0.3 is 10.2 Å². The van der Waals surface area contributed by atoms with Gasteiger partial charge in [0.15, 0.2) is 4.34 Å². The molecule has 0 bridgehead atoms. The summed E-state index contributed by atoms with van der Waals surface area (Å²) >= 11 is 4.68. The van der Waals surface area contributed by atoms with Crippen LogP contribution in [-0.4, -0.2) is 40.5 Å². The van der Waals surface area contributed by atoms with E-state index in [2.05, 4.69) is 21.6 Å². The molecule has 1 fully saturated rings. The molecule has 0 radical (unpaired) electrons. The van der Waals surface area contributed by atoms with Crippen molar-refractivity contribution in [2.24, 2.45) is 5.92 Å². The third-order valence-corrected chi connectivity index (χ3v) is 6.67. The second-order valence-corrected chi connectivity index (χ2v) is 8.47. The van der Waals surface area contributed by atoms with Crippen LogP contribution in [0.2, 0.25) is 0 Å². The van der Waals surface area contributed by atoms with Gasteiger partial charge in [-0.3, -0.25) is 9.59 Å². The fraction of sp³-hybridized carbons (Fsp3) is 0.429. The Labute approximate surface area is 146 Å². The van der Waals surface area contributed by atoms with E-state index in [-0.39, 0.29) is 24.2 Å². The molecule has 122 valence electrons. The Morgan fingerprint density at radius 1 is 1.52 bits per heavy atom. The van der Waals surface area contributed by atoms with Crippen molar-refractivity contribution in [3.8, 4) is 0 Å². The van der Waals surface area contributed by atoms with Crippen molar-refractivity contribution in [1.82, 2.24) is 15.1 Å². The summed E-state index contributed by atoms with van der Waals surface area (Å²) in [6, 6.07) is 4.10. The number of thiophene rings is 1. The van der Waals surface area contributed by atoms with Gasteiger partial charge in [0.05, 0.1) is 0 Å². The molecule has 0 saturated carbocycles. The zero-order valence-corrected chi connectivity index (χ0v) is 15.0. The van der Waals surface area contributed by atoms with Gasteiger partial charge in [-0.25, -0.2) is 0 Å². The van der Waals surface area contributed by atoms with E-state index in [0.717, 1.165) is 10.1 Å². The first-order valence-corrected chi connectivity index (χ1v) is 9.83. The van der Waals surface area contributed by atoms with E-state index in [1.165, 1.54) is 16.2 Å². The lowest BCUT2D eigenvalue weighted by Crippen LogP contribution is -2.39. The minimum atomic E-state index is -0.273. The molecule has 2 amide bonds. The summed E-state index contributed by atoms with van der Waals surface area (Å²) in [5.74, 6) is 0.451. The summed E-state index contributed by atoms with van der Waals surface area (Å²) in [5.41, 5.74) is 0. The molecule has 1 atom stereocenters. The average molecular weight is 369 g/mol. The molecule has 3 heterocycles. The number of hydrogen-bond donors (Lipinski definition) is 1. The fourth-order valence-electron chi connectivity index (χ4n) is 2.22. The van der Waals surface area contributed by atoms with E-state index in [0.29, 0.717) is 18.1 Å². The Balaban J connectivity index is 1.52. The van der Waals surface area contributed by atoms with Crippen LogP contribution in [-0.2, 0) is 15.3 Å². The van der Waals surface area contributed by atoms with Gasteiger partial charge in [-0.2, -0.15) is 0 Å². The highest BCUT2D eigenvalue weighted by atomic mass is 32.2. The van der Waals surface area contributed by atoms with Gasteiger partial charge in [-0.15, -0.1) is 21.5 Å². The second-order valence-electron chi connectivity index (χ2n) is 5.24. The Bertz CT molecular complexity index is 686. The molecule has 2 aromatic rings. The van der Waals surface area contributed by atoms with Crippen LogP contribution in [0.5, 0.6) is 0 Å². The van der Waals surface area contributed by atoms with Crippen molar-refractivity contribution in [3.05, 3.63) is 22.4 Å². The Hall–Kier alpha value is -1.45. The van der Waals surface area contributed by atoms with Crippen LogP contribution in [0.3, 0.4) is 0 Å². The van der Waals surface area contributed by atoms with E-state index < -0.39 is 0 Å². The molecule has 9 heteroatoms. The van der Waals surface area contributed by atoms with Crippen molar-refractivity contribution in [2.75, 3.05) is 18.9 Å². The van der Waals surface area contributed by atoms with Gasteiger partial charge in [-0.1, -0.05) is 29.2 Å². The first kappa shape index (κ1) is 16.4. The van der Waals surface area contributed by atoms with Crippen molar-refractivity contribution in [1.29, 1.82) is 0 Å². The molecular formula is C14H16N4O2S3. The van der Waals surface area contributed by atoms with Crippen LogP contribution in [0.4, 0.5) is 5.13 Å². The molecule has 1 N–H and O–H groups in total. The van der Waals surface area contributed by atoms with Crippen LogP contribution in [0.25, 0.3) is 0 Å². The lowest BCUT2D eigenvalue weighted by Gasteiger charge is -2.27. The lowest BCUT2D eigenvalue weighted by molar-refractivity contribution is -0.137.